The van der Waals surface area contributed by atoms with Crippen LogP contribution in [0.2, 0.25) is 0 Å². The first-order valence-electron chi connectivity index (χ1n) is 19.0. The molecule has 2 N–H and O–H groups in total. The van der Waals surface area contributed by atoms with Crippen LogP contribution in [-0.2, 0) is 42.2 Å². The summed E-state index contributed by atoms with van der Waals surface area (Å²) in [6.45, 7) is 3.24. The van der Waals surface area contributed by atoms with Gasteiger partial charge in [0.25, 0.3) is 0 Å². The van der Waals surface area contributed by atoms with Gasteiger partial charge in [0.2, 0.25) is 5.91 Å². The van der Waals surface area contributed by atoms with Crippen LogP contribution in [-0.4, -0.2) is 68.9 Å². The van der Waals surface area contributed by atoms with Crippen LogP contribution in [0.3, 0.4) is 0 Å². The number of phosphoric acid groups is 1. The Morgan fingerprint density at radius 3 is 1.52 bits per heavy atom. The minimum atomic E-state index is -4.52. The molecule has 0 aliphatic carbocycles. The van der Waals surface area contributed by atoms with E-state index in [1.165, 1.54) is 103 Å². The van der Waals surface area contributed by atoms with Crippen molar-refractivity contribution in [3.8, 4) is 0 Å². The van der Waals surface area contributed by atoms with E-state index < -0.39 is 38.4 Å². The van der Waals surface area contributed by atoms with E-state index in [-0.39, 0.29) is 39.2 Å². The fraction of sp³-hybridized carbons (Fsp3) is 0.917. The van der Waals surface area contributed by atoms with Gasteiger partial charge >= 0.3 is 19.8 Å². The molecule has 0 saturated heterocycles. The Labute approximate surface area is 291 Å². The minimum absolute atomic E-state index is 0.0237. The van der Waals surface area contributed by atoms with Gasteiger partial charge in [0.1, 0.15) is 13.2 Å². The monoisotopic (exact) mass is 707 g/mol. The average molecular weight is 708 g/mol. The van der Waals surface area contributed by atoms with Crippen molar-refractivity contribution in [3.63, 3.8) is 0 Å². The molecule has 0 rings (SSSR count). The average Bonchev–Trinajstić information content (AvgIpc) is 3.06. The number of hydrogen-bond donors (Lipinski definition) is 2. The van der Waals surface area contributed by atoms with E-state index in [1.807, 2.05) is 0 Å². The van der Waals surface area contributed by atoms with Gasteiger partial charge < -0.3 is 24.4 Å². The number of unbranched alkanes of at least 4 members (excludes halogenated alkanes) is 20. The zero-order valence-electron chi connectivity index (χ0n) is 30.7. The van der Waals surface area contributed by atoms with Crippen molar-refractivity contribution < 1.29 is 47.1 Å². The van der Waals surface area contributed by atoms with Gasteiger partial charge in [-0.15, -0.1) is 0 Å². The van der Waals surface area contributed by atoms with Gasteiger partial charge in [-0.05, 0) is 12.8 Å². The highest BCUT2D eigenvalue weighted by Crippen LogP contribution is 2.43. The number of methoxy groups -OCH3 is 1. The van der Waals surface area contributed by atoms with E-state index >= 15 is 0 Å². The maximum absolute atomic E-state index is 12.6. The fourth-order valence-corrected chi connectivity index (χ4v) is 5.99. The Kier molecular flexibility index (Phi) is 32.9. The number of carbonyl (C=O) groups excluding carboxylic acids is 3. The fourth-order valence-electron chi connectivity index (χ4n) is 5.23. The molecule has 12 heteroatoms. The molecule has 0 aliphatic heterocycles. The second-order valence-corrected chi connectivity index (χ2v) is 14.2. The van der Waals surface area contributed by atoms with Crippen LogP contribution >= 0.6 is 7.82 Å². The lowest BCUT2D eigenvalue weighted by Gasteiger charge is -2.20. The maximum atomic E-state index is 12.6. The van der Waals surface area contributed by atoms with Crippen molar-refractivity contribution in [1.82, 2.24) is 5.32 Å². The van der Waals surface area contributed by atoms with Crippen molar-refractivity contribution in [2.24, 2.45) is 0 Å². The third-order valence-electron chi connectivity index (χ3n) is 8.07. The molecular formula is C36H70NO10P. The summed E-state index contributed by atoms with van der Waals surface area (Å²) < 4.78 is 37.8. The van der Waals surface area contributed by atoms with Crippen molar-refractivity contribution in [3.05, 3.63) is 0 Å². The Morgan fingerprint density at radius 1 is 0.625 bits per heavy atom. The first-order chi connectivity index (χ1) is 23.2. The van der Waals surface area contributed by atoms with E-state index in [9.17, 15) is 23.8 Å². The quantitative estimate of drug-likeness (QED) is 0.0368. The summed E-state index contributed by atoms with van der Waals surface area (Å²) in [5, 5.41) is 2.47. The number of nitrogens with one attached hydrogen (secondary N) is 1. The number of esters is 2. The van der Waals surface area contributed by atoms with Gasteiger partial charge in [-0.25, -0.2) is 4.57 Å². The SMILES string of the molecule is CCCCCCCCCCCCCC(=O)OC[C@H](COP(=O)(O)OCCNC(=O)COC)OC(=O)CCCCCCCCCCCCC. The van der Waals surface area contributed by atoms with E-state index in [1.54, 1.807) is 0 Å². The number of rotatable bonds is 36. The highest BCUT2D eigenvalue weighted by Gasteiger charge is 2.26. The van der Waals surface area contributed by atoms with Crippen LogP contribution in [0.5, 0.6) is 0 Å². The maximum Gasteiger partial charge on any atom is 0.472 e. The molecule has 0 aromatic heterocycles. The first kappa shape index (κ1) is 46.5. The largest absolute Gasteiger partial charge is 0.472 e. The van der Waals surface area contributed by atoms with E-state index in [0.29, 0.717) is 6.42 Å². The number of carbonyl (C=O) groups is 3. The molecule has 0 fully saturated rings. The molecule has 0 bridgehead atoms. The van der Waals surface area contributed by atoms with Gasteiger partial charge in [-0.3, -0.25) is 23.4 Å². The molecule has 0 saturated carbocycles. The smallest absolute Gasteiger partial charge is 0.462 e. The third-order valence-corrected chi connectivity index (χ3v) is 9.06. The Balaban J connectivity index is 4.48. The van der Waals surface area contributed by atoms with E-state index in [4.69, 9.17) is 23.3 Å². The highest BCUT2D eigenvalue weighted by atomic mass is 31.2. The zero-order valence-corrected chi connectivity index (χ0v) is 31.5. The third kappa shape index (κ3) is 33.0. The molecule has 0 aromatic rings. The molecule has 0 heterocycles. The summed E-state index contributed by atoms with van der Waals surface area (Å²) in [6.07, 6.45) is 25.1. The molecule has 2 atom stereocenters. The van der Waals surface area contributed by atoms with Crippen LogP contribution < -0.4 is 5.32 Å². The Hall–Kier alpha value is -1.52. The summed E-state index contributed by atoms with van der Waals surface area (Å²) in [7, 11) is -3.14. The minimum Gasteiger partial charge on any atom is -0.462 e. The zero-order chi connectivity index (χ0) is 35.6. The lowest BCUT2D eigenvalue weighted by Crippen LogP contribution is -2.31. The second kappa shape index (κ2) is 34.0. The number of phosphoric ester groups is 1. The normalized spacial score (nSPS) is 13.2. The number of ether oxygens (including phenoxy) is 3. The van der Waals surface area contributed by atoms with Crippen molar-refractivity contribution >= 4 is 25.7 Å². The van der Waals surface area contributed by atoms with Gasteiger partial charge in [-0.2, -0.15) is 0 Å². The standard InChI is InChI=1S/C36H70NO10P/c1-4-6-8-10-12-14-16-18-20-22-24-26-35(39)44-30-33(31-46-48(41,42)45-29-28-37-34(38)32-43-3)47-36(40)27-25-23-21-19-17-15-13-11-9-7-5-2/h33H,4-32H2,1-3H3,(H,37,38)(H,41,42)/t33-/m1/s1. The lowest BCUT2D eigenvalue weighted by atomic mass is 10.1. The van der Waals surface area contributed by atoms with Gasteiger partial charge in [0.05, 0.1) is 13.2 Å². The van der Waals surface area contributed by atoms with Crippen molar-refractivity contribution in [2.75, 3.05) is 40.1 Å². The van der Waals surface area contributed by atoms with Crippen molar-refractivity contribution in [2.45, 2.75) is 174 Å². The van der Waals surface area contributed by atoms with Crippen LogP contribution in [0, 0.1) is 0 Å². The molecule has 284 valence electrons. The molecule has 48 heavy (non-hydrogen) atoms. The Morgan fingerprint density at radius 2 is 1.06 bits per heavy atom. The molecule has 11 nitrogen and oxygen atoms in total. The Bertz CT molecular complexity index is 829. The van der Waals surface area contributed by atoms with Crippen LogP contribution in [0.25, 0.3) is 0 Å². The summed E-state index contributed by atoms with van der Waals surface area (Å²) in [6, 6.07) is 0. The lowest BCUT2D eigenvalue weighted by molar-refractivity contribution is -0.161. The molecule has 1 amide bonds. The van der Waals surface area contributed by atoms with Crippen LogP contribution in [0.15, 0.2) is 0 Å². The first-order valence-corrected chi connectivity index (χ1v) is 20.5. The topological polar surface area (TPSA) is 147 Å². The summed E-state index contributed by atoms with van der Waals surface area (Å²) >= 11 is 0. The molecule has 0 spiro atoms. The van der Waals surface area contributed by atoms with E-state index in [0.717, 1.165) is 38.5 Å². The number of hydrogen-bond acceptors (Lipinski definition) is 9. The van der Waals surface area contributed by atoms with Gasteiger partial charge in [-0.1, -0.05) is 142 Å². The van der Waals surface area contributed by atoms with Gasteiger partial charge in [0.15, 0.2) is 6.10 Å². The second-order valence-electron chi connectivity index (χ2n) is 12.7. The molecule has 1 unspecified atom stereocenters. The number of amides is 1. The predicted molar refractivity (Wildman–Crippen MR) is 190 cm³/mol. The van der Waals surface area contributed by atoms with Crippen LogP contribution in [0.4, 0.5) is 0 Å². The summed E-state index contributed by atoms with van der Waals surface area (Å²) in [5.41, 5.74) is 0. The van der Waals surface area contributed by atoms with E-state index in [2.05, 4.69) is 19.2 Å². The molecule has 0 radical (unpaired) electrons. The molecule has 0 aliphatic rings. The molecule has 0 aromatic carbocycles. The van der Waals surface area contributed by atoms with Crippen LogP contribution in [0.1, 0.15) is 168 Å². The van der Waals surface area contributed by atoms with Gasteiger partial charge in [0, 0.05) is 26.5 Å². The highest BCUT2D eigenvalue weighted by molar-refractivity contribution is 7.47. The predicted octanol–water partition coefficient (Wildman–Crippen LogP) is 8.74. The van der Waals surface area contributed by atoms with Crippen molar-refractivity contribution in [1.29, 1.82) is 0 Å². The summed E-state index contributed by atoms with van der Waals surface area (Å²) in [4.78, 5) is 46.4. The summed E-state index contributed by atoms with van der Waals surface area (Å²) in [5.74, 6) is -1.28. The molecular weight excluding hydrogens is 637 g/mol.